The molecule has 4 atom stereocenters. The number of likely N-dealkylation sites (N-methyl/N-ethyl adjacent to an activating group) is 2. The number of imidazole rings is 2. The molecule has 4 aromatic carbocycles. The molecule has 4 heterocycles. The van der Waals surface area contributed by atoms with Crippen molar-refractivity contribution in [3.8, 4) is 33.6 Å². The van der Waals surface area contributed by atoms with E-state index in [0.29, 0.717) is 0 Å². The second-order valence-electron chi connectivity index (χ2n) is 17.0. The van der Waals surface area contributed by atoms with Gasteiger partial charge < -0.3 is 19.8 Å². The number of aryl methyl sites for hydroxylation is 2. The molecule has 9 rings (SSSR count). The number of carbonyl (C=O) groups is 2. The molecule has 2 amide bonds. The summed E-state index contributed by atoms with van der Waals surface area (Å²) in [5.74, 6) is 2.07. The summed E-state index contributed by atoms with van der Waals surface area (Å²) in [7, 11) is 0. The summed E-state index contributed by atoms with van der Waals surface area (Å²) in [5.41, 5.74) is 11.1. The van der Waals surface area contributed by atoms with Gasteiger partial charge in [0.25, 0.3) is 0 Å². The van der Waals surface area contributed by atoms with E-state index in [0.717, 1.165) is 129 Å². The van der Waals surface area contributed by atoms with Crippen LogP contribution in [0.25, 0.3) is 33.6 Å². The first-order valence-electron chi connectivity index (χ1n) is 23.0. The number of aromatic amines is 2. The van der Waals surface area contributed by atoms with Gasteiger partial charge in [-0.05, 0) is 98.1 Å². The number of fused-ring (bicyclic) bond motifs is 3. The van der Waals surface area contributed by atoms with Gasteiger partial charge in [-0.25, -0.2) is 9.97 Å². The van der Waals surface area contributed by atoms with Crippen LogP contribution in [0.4, 0.5) is 0 Å². The summed E-state index contributed by atoms with van der Waals surface area (Å²) in [6, 6.07) is 35.1. The van der Waals surface area contributed by atoms with E-state index in [1.807, 2.05) is 47.5 Å². The fourth-order valence-corrected chi connectivity index (χ4v) is 10.4. The molecule has 0 bridgehead atoms. The van der Waals surface area contributed by atoms with Gasteiger partial charge in [0.1, 0.15) is 23.7 Å². The molecule has 2 aliphatic heterocycles. The molecule has 320 valence electrons. The number of H-pyrrole nitrogens is 2. The molecule has 1 aliphatic carbocycles. The molecule has 0 unspecified atom stereocenters. The Morgan fingerprint density at radius 3 is 1.74 bits per heavy atom. The minimum absolute atomic E-state index is 0.0637. The molecule has 3 aliphatic rings. The largest absolute Gasteiger partial charge is 0.344 e. The zero-order chi connectivity index (χ0) is 42.7. The highest BCUT2D eigenvalue weighted by Crippen LogP contribution is 2.40. The predicted octanol–water partition coefficient (Wildman–Crippen LogP) is 9.73. The van der Waals surface area contributed by atoms with Crippen molar-refractivity contribution in [2.24, 2.45) is 0 Å². The van der Waals surface area contributed by atoms with Gasteiger partial charge in [0, 0.05) is 24.3 Å². The topological polar surface area (TPSA) is 104 Å². The maximum Gasteiger partial charge on any atom is 0.245 e. The lowest BCUT2D eigenvalue weighted by Crippen LogP contribution is -2.43. The molecular formula is C52H60N8O2. The Bertz CT molecular complexity index is 2470. The van der Waals surface area contributed by atoms with Crippen molar-refractivity contribution in [2.45, 2.75) is 90.4 Å². The Balaban J connectivity index is 0.903. The number of rotatable bonds is 14. The predicted molar refractivity (Wildman–Crippen MR) is 246 cm³/mol. The number of carbonyl (C=O) groups excluding carboxylic acids is 2. The van der Waals surface area contributed by atoms with Gasteiger partial charge >= 0.3 is 0 Å². The zero-order valence-corrected chi connectivity index (χ0v) is 36.7. The van der Waals surface area contributed by atoms with Gasteiger partial charge in [-0.3, -0.25) is 19.4 Å². The van der Waals surface area contributed by atoms with Gasteiger partial charge in [0.15, 0.2) is 0 Å². The number of nitrogens with one attached hydrogen (secondary N) is 2. The monoisotopic (exact) mass is 828 g/mol. The minimum Gasteiger partial charge on any atom is -0.344 e. The van der Waals surface area contributed by atoms with Crippen molar-refractivity contribution < 1.29 is 9.59 Å². The van der Waals surface area contributed by atoms with Crippen LogP contribution >= 0.6 is 0 Å². The molecule has 6 aromatic rings. The SMILES string of the molecule is CCN(CC)[C@@H](C(=O)N1CCC[C@H]1c1ncc(-c2ccc(-c3ccc4c(c3)CCc3[nH]c([C@@H]5CCCN5C(=O)[C@@H](c5ccccc5)N(CC)CC)nc3-4)cc2)[nH]1)c1ccccc1. The van der Waals surface area contributed by atoms with Crippen molar-refractivity contribution >= 4 is 11.8 Å². The Morgan fingerprint density at radius 1 is 0.645 bits per heavy atom. The molecule has 2 saturated heterocycles. The Kier molecular flexibility index (Phi) is 12.2. The van der Waals surface area contributed by atoms with Crippen LogP contribution in [-0.2, 0) is 22.4 Å². The number of hydrogen-bond donors (Lipinski definition) is 2. The van der Waals surface area contributed by atoms with E-state index in [4.69, 9.17) is 9.97 Å². The normalized spacial score (nSPS) is 18.3. The lowest BCUT2D eigenvalue weighted by atomic mass is 9.89. The number of likely N-dealkylation sites (tertiary alicyclic amines) is 2. The van der Waals surface area contributed by atoms with Gasteiger partial charge in [-0.15, -0.1) is 0 Å². The van der Waals surface area contributed by atoms with Gasteiger partial charge in [0.2, 0.25) is 11.8 Å². The molecule has 2 N–H and O–H groups in total. The van der Waals surface area contributed by atoms with Crippen LogP contribution in [0.5, 0.6) is 0 Å². The van der Waals surface area contributed by atoms with Crippen LogP contribution in [-0.4, -0.2) is 90.6 Å². The first kappa shape index (κ1) is 41.5. The summed E-state index contributed by atoms with van der Waals surface area (Å²) in [5, 5.41) is 0. The van der Waals surface area contributed by atoms with Crippen molar-refractivity contribution in [2.75, 3.05) is 39.3 Å². The van der Waals surface area contributed by atoms with E-state index in [1.165, 1.54) is 16.7 Å². The maximum absolute atomic E-state index is 14.4. The van der Waals surface area contributed by atoms with Crippen LogP contribution in [0.3, 0.4) is 0 Å². The third-order valence-corrected chi connectivity index (χ3v) is 13.7. The molecule has 62 heavy (non-hydrogen) atoms. The van der Waals surface area contributed by atoms with Crippen molar-refractivity contribution in [3.05, 3.63) is 143 Å². The third-order valence-electron chi connectivity index (χ3n) is 13.7. The maximum atomic E-state index is 14.4. The smallest absolute Gasteiger partial charge is 0.245 e. The number of nitrogens with zero attached hydrogens (tertiary/aromatic N) is 6. The Morgan fingerprint density at radius 2 is 1.18 bits per heavy atom. The van der Waals surface area contributed by atoms with Crippen molar-refractivity contribution in [1.82, 2.24) is 39.5 Å². The van der Waals surface area contributed by atoms with E-state index in [9.17, 15) is 9.59 Å². The van der Waals surface area contributed by atoms with Crippen molar-refractivity contribution in [1.29, 1.82) is 0 Å². The second kappa shape index (κ2) is 18.2. The standard InChI is InChI=1S/C52H60N8O2/c1-5-57(6-2)47(37-17-11-9-12-18-37)51(61)59-31-15-21-44(59)49-53-34-43(55-49)36-25-23-35(24-26-36)39-27-29-41-40(33-39)28-30-42-46(41)56-50(54-42)45-22-16-32-60(45)52(62)48(58(7-3)8-4)38-19-13-10-14-20-38/h9-14,17-20,23-27,29,33-34,44-45,47-48H,5-8,15-16,21-22,28,30-32H2,1-4H3,(H,53,55)(H,54,56)/t44-,45-,47+,48+/m0/s1. The minimum atomic E-state index is -0.313. The van der Waals surface area contributed by atoms with Crippen LogP contribution < -0.4 is 0 Å². The molecule has 0 radical (unpaired) electrons. The fourth-order valence-electron chi connectivity index (χ4n) is 10.4. The first-order valence-corrected chi connectivity index (χ1v) is 23.0. The van der Waals surface area contributed by atoms with E-state index < -0.39 is 0 Å². The summed E-state index contributed by atoms with van der Waals surface area (Å²) in [6.45, 7) is 13.2. The number of benzene rings is 4. The van der Waals surface area contributed by atoms with E-state index in [1.54, 1.807) is 0 Å². The molecule has 2 fully saturated rings. The van der Waals surface area contributed by atoms with Gasteiger partial charge in [-0.1, -0.05) is 131 Å². The van der Waals surface area contributed by atoms with Crippen LogP contribution in [0.15, 0.2) is 109 Å². The third kappa shape index (κ3) is 7.90. The average molecular weight is 829 g/mol. The van der Waals surface area contributed by atoms with E-state index >= 15 is 0 Å². The van der Waals surface area contributed by atoms with E-state index in [2.05, 4.69) is 119 Å². The van der Waals surface area contributed by atoms with Crippen LogP contribution in [0.2, 0.25) is 0 Å². The molecule has 10 heteroatoms. The summed E-state index contributed by atoms with van der Waals surface area (Å²) >= 11 is 0. The molecule has 0 saturated carbocycles. The molecule has 2 aromatic heterocycles. The average Bonchev–Trinajstić information content (AvgIpc) is 4.17. The Hall–Kier alpha value is -5.84. The first-order chi connectivity index (χ1) is 30.4. The summed E-state index contributed by atoms with van der Waals surface area (Å²) < 4.78 is 0. The highest BCUT2D eigenvalue weighted by molar-refractivity contribution is 5.85. The summed E-state index contributed by atoms with van der Waals surface area (Å²) in [6.07, 6.45) is 7.45. The molecule has 0 spiro atoms. The zero-order valence-electron chi connectivity index (χ0n) is 36.7. The van der Waals surface area contributed by atoms with Crippen molar-refractivity contribution in [3.63, 3.8) is 0 Å². The summed E-state index contributed by atoms with van der Waals surface area (Å²) in [4.78, 5) is 54.8. The van der Waals surface area contributed by atoms with Gasteiger partial charge in [-0.2, -0.15) is 0 Å². The highest BCUT2D eigenvalue weighted by atomic mass is 16.2. The van der Waals surface area contributed by atoms with Crippen LogP contribution in [0, 0.1) is 0 Å². The fraction of sp³-hybridized carbons (Fsp3) is 0.385. The number of aromatic nitrogens is 4. The molecule has 10 nitrogen and oxygen atoms in total. The quantitative estimate of drug-likeness (QED) is 0.113. The van der Waals surface area contributed by atoms with E-state index in [-0.39, 0.29) is 36.0 Å². The number of amides is 2. The lowest BCUT2D eigenvalue weighted by Gasteiger charge is -2.34. The Labute approximate surface area is 366 Å². The van der Waals surface area contributed by atoms with Gasteiger partial charge in [0.05, 0.1) is 29.7 Å². The molecular weight excluding hydrogens is 769 g/mol. The number of hydrogen-bond acceptors (Lipinski definition) is 6. The highest BCUT2D eigenvalue weighted by Gasteiger charge is 2.40. The second-order valence-corrected chi connectivity index (χ2v) is 17.0. The lowest BCUT2D eigenvalue weighted by molar-refractivity contribution is -0.139. The van der Waals surface area contributed by atoms with Crippen LogP contribution in [0.1, 0.15) is 112 Å².